The maximum absolute atomic E-state index is 11.8. The van der Waals surface area contributed by atoms with Crippen molar-refractivity contribution in [3.63, 3.8) is 0 Å². The Balaban J connectivity index is 0.00000225. The molecule has 1 aliphatic rings. The lowest BCUT2D eigenvalue weighted by molar-refractivity contribution is -0.685. The number of nitrogens with zero attached hydrogens (tertiary/aromatic N) is 6. The monoisotopic (exact) mass is 440 g/mol. The van der Waals surface area contributed by atoms with Crippen LogP contribution in [0.4, 0.5) is 5.95 Å². The molecule has 0 saturated heterocycles. The van der Waals surface area contributed by atoms with Gasteiger partial charge in [0.15, 0.2) is 0 Å². The zero-order valence-electron chi connectivity index (χ0n) is 15.3. The highest BCUT2D eigenvalue weighted by Gasteiger charge is 2.51. The molecule has 1 unspecified atom stereocenters. The number of aliphatic hydroxyl groups is 1. The summed E-state index contributed by atoms with van der Waals surface area (Å²) >= 11 is 0. The van der Waals surface area contributed by atoms with Crippen LogP contribution in [0.2, 0.25) is 0 Å². The second kappa shape index (κ2) is 8.56. The number of rotatable bonds is 6. The van der Waals surface area contributed by atoms with Crippen LogP contribution in [0.3, 0.4) is 0 Å². The Morgan fingerprint density at radius 1 is 1.18 bits per heavy atom. The van der Waals surface area contributed by atoms with Crippen LogP contribution in [-0.4, -0.2) is 23.2 Å². The van der Waals surface area contributed by atoms with E-state index in [1.54, 1.807) is 6.20 Å². The van der Waals surface area contributed by atoms with Gasteiger partial charge in [0.1, 0.15) is 12.7 Å². The van der Waals surface area contributed by atoms with Crippen molar-refractivity contribution in [2.45, 2.75) is 25.1 Å². The molecular formula is C20H21BrN6O. The molecule has 1 atom stereocenters. The van der Waals surface area contributed by atoms with Crippen molar-refractivity contribution >= 4 is 16.7 Å². The second-order valence-corrected chi connectivity index (χ2v) is 6.70. The first-order valence-corrected chi connectivity index (χ1v) is 9.07. The molecule has 0 spiro atoms. The maximum atomic E-state index is 11.8. The molecule has 0 aliphatic carbocycles. The van der Waals surface area contributed by atoms with Gasteiger partial charge in [0.25, 0.3) is 0 Å². The van der Waals surface area contributed by atoms with Crippen LogP contribution in [0.25, 0.3) is 21.2 Å². The molecule has 144 valence electrons. The van der Waals surface area contributed by atoms with Crippen LogP contribution < -0.4 is 26.4 Å². The third kappa shape index (κ3) is 3.54. The molecule has 0 saturated carbocycles. The smallest absolute Gasteiger partial charge is 0.396 e. The van der Waals surface area contributed by atoms with Crippen LogP contribution in [0.5, 0.6) is 0 Å². The summed E-state index contributed by atoms with van der Waals surface area (Å²) < 4.78 is 1.98. The first-order valence-electron chi connectivity index (χ1n) is 9.07. The van der Waals surface area contributed by atoms with Crippen LogP contribution in [0, 0.1) is 0 Å². The van der Waals surface area contributed by atoms with Gasteiger partial charge in [-0.05, 0) is 29.1 Å². The maximum Gasteiger partial charge on any atom is 0.396 e. The highest BCUT2D eigenvalue weighted by Crippen LogP contribution is 2.37. The Labute approximate surface area is 173 Å². The quantitative estimate of drug-likeness (QED) is 0.196. The van der Waals surface area contributed by atoms with E-state index in [0.717, 1.165) is 35.1 Å². The number of hydrogen-bond donors (Lipinski definition) is 1. The van der Waals surface area contributed by atoms with E-state index in [9.17, 15) is 5.11 Å². The summed E-state index contributed by atoms with van der Waals surface area (Å²) in [4.78, 5) is 9.26. The van der Waals surface area contributed by atoms with Crippen molar-refractivity contribution in [1.82, 2.24) is 4.98 Å². The van der Waals surface area contributed by atoms with Gasteiger partial charge >= 0.3 is 5.95 Å². The number of benzene rings is 2. The van der Waals surface area contributed by atoms with Crippen molar-refractivity contribution in [3.05, 3.63) is 76.9 Å². The summed E-state index contributed by atoms with van der Waals surface area (Å²) in [5.74, 6) is 0.747. The molecule has 8 heteroatoms. The molecule has 7 nitrogen and oxygen atoms in total. The van der Waals surface area contributed by atoms with Crippen LogP contribution in [-0.2, 0) is 12.3 Å². The second-order valence-electron chi connectivity index (χ2n) is 6.70. The Morgan fingerprint density at radius 2 is 2.00 bits per heavy atom. The van der Waals surface area contributed by atoms with E-state index in [1.807, 2.05) is 52.1 Å². The number of fused-ring (bicyclic) bond motifs is 2. The number of halogens is 1. The minimum Gasteiger partial charge on any atom is -1.00 e. The van der Waals surface area contributed by atoms with E-state index in [2.05, 4.69) is 27.1 Å². The summed E-state index contributed by atoms with van der Waals surface area (Å²) in [6.45, 7) is 1.50. The number of hydrogen-bond acceptors (Lipinski definition) is 4. The van der Waals surface area contributed by atoms with Gasteiger partial charge in [-0.3, -0.25) is 0 Å². The summed E-state index contributed by atoms with van der Waals surface area (Å²) in [5, 5.41) is 17.6. The van der Waals surface area contributed by atoms with E-state index < -0.39 is 5.72 Å². The Morgan fingerprint density at radius 3 is 2.86 bits per heavy atom. The zero-order chi connectivity index (χ0) is 18.7. The van der Waals surface area contributed by atoms with Crippen molar-refractivity contribution in [2.75, 3.05) is 18.0 Å². The van der Waals surface area contributed by atoms with Crippen molar-refractivity contribution in [2.24, 2.45) is 5.11 Å². The zero-order valence-corrected chi connectivity index (χ0v) is 16.9. The minimum atomic E-state index is -1.18. The van der Waals surface area contributed by atoms with Crippen molar-refractivity contribution in [1.29, 1.82) is 0 Å². The topological polar surface area (TPSA) is 89.0 Å². The van der Waals surface area contributed by atoms with Gasteiger partial charge in [-0.2, -0.15) is 0 Å². The molecule has 3 aromatic rings. The summed E-state index contributed by atoms with van der Waals surface area (Å²) in [7, 11) is 0. The standard InChI is InChI=1S/C20H21N6O.BrH/c21-24-23-12-3-4-14-26-19-22-11-6-13-25(19)15-20(26,27)18-10-5-8-16-7-1-2-9-17(16)18;/h1-2,5-11,13,27H,3-4,12,14-15H2;1H/q+1;/p-1. The third-order valence-corrected chi connectivity index (χ3v) is 5.05. The molecule has 2 heterocycles. The van der Waals surface area contributed by atoms with Gasteiger partial charge < -0.3 is 22.1 Å². The molecule has 0 bridgehead atoms. The summed E-state index contributed by atoms with van der Waals surface area (Å²) in [6, 6.07) is 16.0. The third-order valence-electron chi connectivity index (χ3n) is 5.05. The summed E-state index contributed by atoms with van der Waals surface area (Å²) in [5.41, 5.74) is 8.13. The fraction of sp³-hybridized carbons (Fsp3) is 0.300. The van der Waals surface area contributed by atoms with E-state index in [-0.39, 0.29) is 17.0 Å². The SMILES string of the molecule is [Br-].[N-]=[N+]=NCCCCN1c2nccc[n+]2CC1(O)c1cccc2ccccc12. The van der Waals surface area contributed by atoms with Crippen LogP contribution >= 0.6 is 0 Å². The predicted molar refractivity (Wildman–Crippen MR) is 103 cm³/mol. The van der Waals surface area contributed by atoms with Crippen molar-refractivity contribution in [3.8, 4) is 0 Å². The van der Waals surface area contributed by atoms with Crippen molar-refractivity contribution < 1.29 is 26.7 Å². The van der Waals surface area contributed by atoms with E-state index in [1.165, 1.54) is 0 Å². The molecule has 28 heavy (non-hydrogen) atoms. The molecule has 2 aromatic carbocycles. The highest BCUT2D eigenvalue weighted by molar-refractivity contribution is 5.86. The number of anilines is 1. The fourth-order valence-electron chi connectivity index (χ4n) is 3.82. The van der Waals surface area contributed by atoms with Gasteiger partial charge in [0.2, 0.25) is 5.72 Å². The van der Waals surface area contributed by atoms with Gasteiger partial charge in [-0.15, -0.1) is 0 Å². The highest BCUT2D eigenvalue weighted by atomic mass is 79.9. The van der Waals surface area contributed by atoms with E-state index in [0.29, 0.717) is 19.6 Å². The van der Waals surface area contributed by atoms with Crippen LogP contribution in [0.1, 0.15) is 18.4 Å². The molecule has 4 rings (SSSR count). The average Bonchev–Trinajstić information content (AvgIpc) is 3.00. The normalized spacial score (nSPS) is 17.7. The van der Waals surface area contributed by atoms with E-state index >= 15 is 0 Å². The Kier molecular flexibility index (Phi) is 6.14. The molecule has 1 N–H and O–H groups in total. The Hall–Kier alpha value is -2.67. The lowest BCUT2D eigenvalue weighted by Crippen LogP contribution is -3.00. The average molecular weight is 441 g/mol. The molecule has 0 fully saturated rings. The first kappa shape index (κ1) is 20.1. The number of azide groups is 1. The van der Waals surface area contributed by atoms with E-state index in [4.69, 9.17) is 5.53 Å². The van der Waals surface area contributed by atoms with Gasteiger partial charge in [-0.25, -0.2) is 9.47 Å². The van der Waals surface area contributed by atoms with Gasteiger partial charge in [0, 0.05) is 23.1 Å². The minimum absolute atomic E-state index is 0. The molecule has 1 aliphatic heterocycles. The molecule has 1 aromatic heterocycles. The molecule has 0 radical (unpaired) electrons. The van der Waals surface area contributed by atoms with Gasteiger partial charge in [-0.1, -0.05) is 52.6 Å². The lowest BCUT2D eigenvalue weighted by Gasteiger charge is -2.29. The number of aromatic nitrogens is 2. The number of unbranched alkanes of at least 4 members (excludes halogenated alkanes) is 1. The first-order chi connectivity index (χ1) is 13.2. The van der Waals surface area contributed by atoms with Crippen LogP contribution in [0.15, 0.2) is 66.0 Å². The fourth-order valence-corrected chi connectivity index (χ4v) is 3.82. The Bertz CT molecular complexity index is 1020. The molecular weight excluding hydrogens is 420 g/mol. The lowest BCUT2D eigenvalue weighted by atomic mass is 9.95. The predicted octanol–water partition coefficient (Wildman–Crippen LogP) is 0.282. The van der Waals surface area contributed by atoms with Gasteiger partial charge in [0.05, 0.1) is 12.7 Å². The summed E-state index contributed by atoms with van der Waals surface area (Å²) in [6.07, 6.45) is 5.24. The largest absolute Gasteiger partial charge is 1.00 e. The molecule has 0 amide bonds.